The Labute approximate surface area is 160 Å². The number of anilines is 2. The van der Waals surface area contributed by atoms with Crippen LogP contribution in [0.25, 0.3) is 0 Å². The lowest BCUT2D eigenvalue weighted by Gasteiger charge is -2.13. The number of pyridine rings is 2. The van der Waals surface area contributed by atoms with Gasteiger partial charge in [-0.05, 0) is 49.4 Å². The zero-order valence-corrected chi connectivity index (χ0v) is 15.0. The van der Waals surface area contributed by atoms with Gasteiger partial charge >= 0.3 is 0 Å². The third-order valence-corrected chi connectivity index (χ3v) is 3.67. The van der Waals surface area contributed by atoms with Gasteiger partial charge in [-0.25, -0.2) is 9.37 Å². The van der Waals surface area contributed by atoms with Crippen molar-refractivity contribution in [3.05, 3.63) is 78.0 Å². The third kappa shape index (κ3) is 4.47. The van der Waals surface area contributed by atoms with E-state index in [2.05, 4.69) is 20.6 Å². The van der Waals surface area contributed by atoms with E-state index in [0.717, 1.165) is 6.07 Å². The van der Waals surface area contributed by atoms with E-state index in [9.17, 15) is 14.0 Å². The van der Waals surface area contributed by atoms with Crippen LogP contribution in [0, 0.1) is 5.82 Å². The van der Waals surface area contributed by atoms with Gasteiger partial charge in [-0.1, -0.05) is 6.07 Å². The largest absolute Gasteiger partial charge is 0.477 e. The van der Waals surface area contributed by atoms with E-state index >= 15 is 0 Å². The molecule has 28 heavy (non-hydrogen) atoms. The maximum Gasteiger partial charge on any atom is 0.274 e. The number of rotatable bonds is 6. The van der Waals surface area contributed by atoms with Gasteiger partial charge in [-0.2, -0.15) is 0 Å². The van der Waals surface area contributed by atoms with Crippen molar-refractivity contribution < 1.29 is 18.7 Å². The molecule has 3 rings (SSSR count). The minimum absolute atomic E-state index is 0.0978. The van der Waals surface area contributed by atoms with E-state index in [1.807, 2.05) is 0 Å². The molecule has 0 spiro atoms. The van der Waals surface area contributed by atoms with Gasteiger partial charge in [0.1, 0.15) is 17.1 Å². The van der Waals surface area contributed by atoms with E-state index in [0.29, 0.717) is 6.61 Å². The van der Waals surface area contributed by atoms with Crippen molar-refractivity contribution in [3.63, 3.8) is 0 Å². The zero-order chi connectivity index (χ0) is 19.9. The van der Waals surface area contributed by atoms with Crippen molar-refractivity contribution in [3.8, 4) is 5.88 Å². The van der Waals surface area contributed by atoms with E-state index in [1.54, 1.807) is 37.3 Å². The van der Waals surface area contributed by atoms with Crippen LogP contribution in [0.1, 0.15) is 27.8 Å². The van der Waals surface area contributed by atoms with E-state index in [1.165, 1.54) is 24.5 Å². The Morgan fingerprint density at radius 2 is 1.75 bits per heavy atom. The Morgan fingerprint density at radius 3 is 2.50 bits per heavy atom. The average molecular weight is 380 g/mol. The number of aromatic nitrogens is 2. The molecule has 2 amide bonds. The van der Waals surface area contributed by atoms with Crippen molar-refractivity contribution >= 4 is 23.2 Å². The number of nitrogens with zero attached hydrogens (tertiary/aromatic N) is 2. The summed E-state index contributed by atoms with van der Waals surface area (Å²) in [6.07, 6.45) is 2.99. The summed E-state index contributed by atoms with van der Waals surface area (Å²) in [7, 11) is 0. The highest BCUT2D eigenvalue weighted by molar-refractivity contribution is 6.10. The maximum absolute atomic E-state index is 13.7. The van der Waals surface area contributed by atoms with Crippen molar-refractivity contribution in [1.29, 1.82) is 0 Å². The summed E-state index contributed by atoms with van der Waals surface area (Å²) >= 11 is 0. The van der Waals surface area contributed by atoms with Crippen molar-refractivity contribution in [2.75, 3.05) is 17.2 Å². The summed E-state index contributed by atoms with van der Waals surface area (Å²) in [6.45, 7) is 2.11. The first-order valence-corrected chi connectivity index (χ1v) is 8.49. The summed E-state index contributed by atoms with van der Waals surface area (Å²) in [6, 6.07) is 11.7. The standard InChI is InChI=1S/C20H17FN4O3/c1-2-28-20-14(6-5-11-23-20)18(26)25-17-12-13(21)8-9-15(17)24-19(27)16-7-3-4-10-22-16/h3-12H,2H2,1H3,(H,24,27)(H,25,26). The number of hydrogen-bond acceptors (Lipinski definition) is 5. The van der Waals surface area contributed by atoms with Crippen LogP contribution in [0.3, 0.4) is 0 Å². The first-order valence-electron chi connectivity index (χ1n) is 8.49. The van der Waals surface area contributed by atoms with Gasteiger partial charge < -0.3 is 15.4 Å². The molecule has 0 saturated carbocycles. The minimum atomic E-state index is -0.567. The predicted octanol–water partition coefficient (Wildman–Crippen LogP) is 3.52. The number of amides is 2. The van der Waals surface area contributed by atoms with Crippen molar-refractivity contribution in [2.24, 2.45) is 0 Å². The summed E-state index contributed by atoms with van der Waals surface area (Å²) in [4.78, 5) is 33.0. The fraction of sp³-hybridized carbons (Fsp3) is 0.100. The summed E-state index contributed by atoms with van der Waals surface area (Å²) in [5.41, 5.74) is 0.707. The molecule has 0 radical (unpaired) electrons. The molecule has 2 N–H and O–H groups in total. The number of hydrogen-bond donors (Lipinski definition) is 2. The van der Waals surface area contributed by atoms with Crippen LogP contribution in [-0.4, -0.2) is 28.4 Å². The smallest absolute Gasteiger partial charge is 0.274 e. The number of nitrogens with one attached hydrogen (secondary N) is 2. The molecule has 1 aromatic carbocycles. The van der Waals surface area contributed by atoms with Gasteiger partial charge in [0, 0.05) is 12.4 Å². The molecular weight excluding hydrogens is 363 g/mol. The van der Waals surface area contributed by atoms with Crippen LogP contribution in [0.5, 0.6) is 5.88 Å². The lowest BCUT2D eigenvalue weighted by atomic mass is 10.2. The number of benzene rings is 1. The Hall–Kier alpha value is -3.81. The van der Waals surface area contributed by atoms with Crippen molar-refractivity contribution in [1.82, 2.24) is 9.97 Å². The second kappa shape index (κ2) is 8.72. The molecule has 0 fully saturated rings. The average Bonchev–Trinajstić information content (AvgIpc) is 2.71. The lowest BCUT2D eigenvalue weighted by Crippen LogP contribution is -2.18. The number of carbonyl (C=O) groups is 2. The fourth-order valence-corrected chi connectivity index (χ4v) is 2.42. The van der Waals surface area contributed by atoms with Gasteiger partial charge in [0.15, 0.2) is 0 Å². The number of halogens is 1. The molecule has 0 aliphatic carbocycles. The van der Waals surface area contributed by atoms with E-state index in [4.69, 9.17) is 4.74 Å². The highest BCUT2D eigenvalue weighted by atomic mass is 19.1. The third-order valence-electron chi connectivity index (χ3n) is 3.67. The Kier molecular flexibility index (Phi) is 5.91. The van der Waals surface area contributed by atoms with Gasteiger partial charge in [-0.3, -0.25) is 14.6 Å². The second-order valence-corrected chi connectivity index (χ2v) is 5.60. The molecule has 8 heteroatoms. The molecule has 0 aliphatic rings. The molecule has 142 valence electrons. The van der Waals surface area contributed by atoms with E-state index < -0.39 is 17.6 Å². The lowest BCUT2D eigenvalue weighted by molar-refractivity contribution is 0.101. The zero-order valence-electron chi connectivity index (χ0n) is 15.0. The van der Waals surface area contributed by atoms with Crippen LogP contribution < -0.4 is 15.4 Å². The number of carbonyl (C=O) groups excluding carboxylic acids is 2. The van der Waals surface area contributed by atoms with Crippen LogP contribution in [-0.2, 0) is 0 Å². The minimum Gasteiger partial charge on any atom is -0.477 e. The molecule has 0 atom stereocenters. The molecule has 0 unspecified atom stereocenters. The Morgan fingerprint density at radius 1 is 0.964 bits per heavy atom. The first kappa shape index (κ1) is 19.0. The summed E-state index contributed by atoms with van der Waals surface area (Å²) < 4.78 is 19.1. The van der Waals surface area contributed by atoms with Gasteiger partial charge in [0.25, 0.3) is 11.8 Å². The summed E-state index contributed by atoms with van der Waals surface area (Å²) in [5.74, 6) is -1.44. The molecular formula is C20H17FN4O3. The van der Waals surface area contributed by atoms with E-state index in [-0.39, 0.29) is 28.5 Å². The number of ether oxygens (including phenoxy) is 1. The predicted molar refractivity (Wildman–Crippen MR) is 102 cm³/mol. The molecule has 0 bridgehead atoms. The first-order chi connectivity index (χ1) is 13.6. The maximum atomic E-state index is 13.7. The highest BCUT2D eigenvalue weighted by Crippen LogP contribution is 2.25. The van der Waals surface area contributed by atoms with Crippen molar-refractivity contribution in [2.45, 2.75) is 6.92 Å². The van der Waals surface area contributed by atoms with Crippen LogP contribution in [0.4, 0.5) is 15.8 Å². The Balaban J connectivity index is 1.85. The van der Waals surface area contributed by atoms with Crippen LogP contribution in [0.15, 0.2) is 60.9 Å². The fourth-order valence-electron chi connectivity index (χ4n) is 2.42. The van der Waals surface area contributed by atoms with Crippen LogP contribution in [0.2, 0.25) is 0 Å². The Bertz CT molecular complexity index is 996. The molecule has 2 heterocycles. The second-order valence-electron chi connectivity index (χ2n) is 5.60. The normalized spacial score (nSPS) is 10.2. The monoisotopic (exact) mass is 380 g/mol. The summed E-state index contributed by atoms with van der Waals surface area (Å²) in [5, 5.41) is 5.21. The molecule has 2 aromatic heterocycles. The highest BCUT2D eigenvalue weighted by Gasteiger charge is 2.17. The molecule has 0 saturated heterocycles. The van der Waals surface area contributed by atoms with Crippen LogP contribution >= 0.6 is 0 Å². The van der Waals surface area contributed by atoms with Gasteiger partial charge in [0.05, 0.1) is 18.0 Å². The molecule has 0 aliphatic heterocycles. The topological polar surface area (TPSA) is 93.2 Å². The SMILES string of the molecule is CCOc1ncccc1C(=O)Nc1cc(F)ccc1NC(=O)c1ccccn1. The van der Waals surface area contributed by atoms with Gasteiger partial charge in [0.2, 0.25) is 5.88 Å². The molecule has 7 nitrogen and oxygen atoms in total. The van der Waals surface area contributed by atoms with Gasteiger partial charge in [-0.15, -0.1) is 0 Å². The quantitative estimate of drug-likeness (QED) is 0.683. The molecule has 3 aromatic rings.